The first-order chi connectivity index (χ1) is 9.17. The molecular formula is C12H14F3NO3S. The maximum Gasteiger partial charge on any atom is 0.484 e. The predicted octanol–water partition coefficient (Wildman–Crippen LogP) is 3.83. The number of halogens is 3. The van der Waals surface area contributed by atoms with Crippen molar-refractivity contribution in [3.05, 3.63) is 30.3 Å². The third-order valence-corrected chi connectivity index (χ3v) is 4.06. The van der Waals surface area contributed by atoms with Gasteiger partial charge in [0.15, 0.2) is 9.73 Å². The van der Waals surface area contributed by atoms with E-state index in [4.69, 9.17) is 0 Å². The van der Waals surface area contributed by atoms with Gasteiger partial charge in [-0.1, -0.05) is 32.0 Å². The number of alkyl halides is 3. The zero-order valence-corrected chi connectivity index (χ0v) is 11.7. The van der Waals surface area contributed by atoms with Crippen molar-refractivity contribution in [2.75, 3.05) is 6.61 Å². The second-order valence-corrected chi connectivity index (χ2v) is 6.52. The SMILES string of the molecule is CC(C)COC(=O)N=S(=O)(c1ccccc1)C(F)(F)F. The van der Waals surface area contributed by atoms with Gasteiger partial charge in [-0.15, -0.1) is 4.36 Å². The molecule has 0 saturated carbocycles. The van der Waals surface area contributed by atoms with E-state index in [2.05, 4.69) is 9.10 Å². The summed E-state index contributed by atoms with van der Waals surface area (Å²) in [5.41, 5.74) is -5.16. The first kappa shape index (κ1) is 16.5. The van der Waals surface area contributed by atoms with Gasteiger partial charge in [-0.25, -0.2) is 9.00 Å². The molecule has 1 aromatic carbocycles. The summed E-state index contributed by atoms with van der Waals surface area (Å²) in [4.78, 5) is 10.7. The molecule has 0 aliphatic rings. The van der Waals surface area contributed by atoms with Crippen LogP contribution in [-0.2, 0) is 14.5 Å². The summed E-state index contributed by atoms with van der Waals surface area (Å²) < 4.78 is 58.3. The molecule has 0 radical (unpaired) electrons. The lowest BCUT2D eigenvalue weighted by molar-refractivity contribution is -0.0404. The minimum atomic E-state index is -5.16. The highest BCUT2D eigenvalue weighted by Crippen LogP contribution is 2.32. The monoisotopic (exact) mass is 309 g/mol. The predicted molar refractivity (Wildman–Crippen MR) is 67.5 cm³/mol. The molecule has 112 valence electrons. The van der Waals surface area contributed by atoms with Gasteiger partial charge in [0.2, 0.25) is 0 Å². The first-order valence-corrected chi connectivity index (χ1v) is 7.23. The molecule has 4 nitrogen and oxygen atoms in total. The molecule has 0 saturated heterocycles. The Morgan fingerprint density at radius 3 is 2.30 bits per heavy atom. The van der Waals surface area contributed by atoms with Gasteiger partial charge in [-0.3, -0.25) is 0 Å². The lowest BCUT2D eigenvalue weighted by Gasteiger charge is -2.13. The molecule has 0 aliphatic carbocycles. The van der Waals surface area contributed by atoms with Gasteiger partial charge in [0.25, 0.3) is 0 Å². The molecular weight excluding hydrogens is 295 g/mol. The number of benzene rings is 1. The zero-order chi connectivity index (χ0) is 15.4. The Hall–Kier alpha value is -1.57. The van der Waals surface area contributed by atoms with E-state index < -0.39 is 26.2 Å². The van der Waals surface area contributed by atoms with Gasteiger partial charge in [0.05, 0.1) is 11.5 Å². The van der Waals surface area contributed by atoms with Crippen molar-refractivity contribution in [1.82, 2.24) is 0 Å². The van der Waals surface area contributed by atoms with Gasteiger partial charge in [0.1, 0.15) is 0 Å². The Bertz CT molecular complexity index is 575. The summed E-state index contributed by atoms with van der Waals surface area (Å²) in [6.45, 7) is 3.33. The molecule has 1 aromatic rings. The maximum absolute atomic E-state index is 13.0. The molecule has 0 aliphatic heterocycles. The van der Waals surface area contributed by atoms with Crippen LogP contribution in [0.5, 0.6) is 0 Å². The Labute approximate surface area is 115 Å². The highest BCUT2D eigenvalue weighted by Gasteiger charge is 2.45. The quantitative estimate of drug-likeness (QED) is 0.852. The minimum absolute atomic E-state index is 0.0622. The van der Waals surface area contributed by atoms with Crippen molar-refractivity contribution in [2.24, 2.45) is 10.3 Å². The third kappa shape index (κ3) is 3.96. The highest BCUT2D eigenvalue weighted by molar-refractivity contribution is 7.94. The fraction of sp³-hybridized carbons (Fsp3) is 0.417. The Morgan fingerprint density at radius 2 is 1.85 bits per heavy atom. The second kappa shape index (κ2) is 6.25. The molecule has 20 heavy (non-hydrogen) atoms. The number of nitrogens with zero attached hydrogens (tertiary/aromatic N) is 1. The van der Waals surface area contributed by atoms with Gasteiger partial charge in [-0.05, 0) is 18.1 Å². The number of hydrogen-bond acceptors (Lipinski definition) is 3. The van der Waals surface area contributed by atoms with Crippen LogP contribution in [-0.4, -0.2) is 22.4 Å². The second-order valence-electron chi connectivity index (χ2n) is 4.35. The average Bonchev–Trinajstić information content (AvgIpc) is 2.36. The van der Waals surface area contributed by atoms with Gasteiger partial charge in [0, 0.05) is 0 Å². The molecule has 0 fully saturated rings. The smallest absolute Gasteiger partial charge is 0.447 e. The number of hydrogen-bond donors (Lipinski definition) is 0. The van der Waals surface area contributed by atoms with E-state index in [0.29, 0.717) is 0 Å². The summed E-state index contributed by atoms with van der Waals surface area (Å²) in [7, 11) is -4.88. The van der Waals surface area contributed by atoms with Crippen LogP contribution in [0.15, 0.2) is 39.6 Å². The lowest BCUT2D eigenvalue weighted by Crippen LogP contribution is -2.25. The van der Waals surface area contributed by atoms with E-state index in [-0.39, 0.29) is 12.5 Å². The molecule has 0 spiro atoms. The number of rotatable bonds is 3. The van der Waals surface area contributed by atoms with Crippen LogP contribution in [0.4, 0.5) is 18.0 Å². The Balaban J connectivity index is 3.21. The Morgan fingerprint density at radius 1 is 1.30 bits per heavy atom. The topological polar surface area (TPSA) is 55.7 Å². The molecule has 0 heterocycles. The third-order valence-electron chi connectivity index (χ3n) is 2.12. The van der Waals surface area contributed by atoms with E-state index in [0.717, 1.165) is 12.1 Å². The number of carbonyl (C=O) groups excluding carboxylic acids is 1. The standard InChI is InChI=1S/C12H14F3NO3S/c1-9(2)8-19-11(17)16-20(18,12(13,14)15)10-6-4-3-5-7-10/h3-7,9H,8H2,1-2H3. The highest BCUT2D eigenvalue weighted by atomic mass is 32.2. The van der Waals surface area contributed by atoms with E-state index in [1.54, 1.807) is 13.8 Å². The van der Waals surface area contributed by atoms with Gasteiger partial charge in [-0.2, -0.15) is 13.2 Å². The van der Waals surface area contributed by atoms with E-state index in [1.165, 1.54) is 18.2 Å². The summed E-state index contributed by atoms with van der Waals surface area (Å²) in [6.07, 6.45) is -1.48. The average molecular weight is 309 g/mol. The normalized spacial score (nSPS) is 14.7. The molecule has 1 unspecified atom stereocenters. The summed E-state index contributed by atoms with van der Waals surface area (Å²) in [5, 5.41) is 0. The molecule has 0 aromatic heterocycles. The van der Waals surface area contributed by atoms with Crippen molar-refractivity contribution in [3.8, 4) is 0 Å². The maximum atomic E-state index is 13.0. The number of ether oxygens (including phenoxy) is 1. The minimum Gasteiger partial charge on any atom is -0.447 e. The summed E-state index contributed by atoms with van der Waals surface area (Å²) >= 11 is 0. The molecule has 1 rings (SSSR count). The number of amides is 1. The zero-order valence-electron chi connectivity index (χ0n) is 10.9. The van der Waals surface area contributed by atoms with E-state index in [9.17, 15) is 22.2 Å². The molecule has 0 N–H and O–H groups in total. The lowest BCUT2D eigenvalue weighted by atomic mass is 10.2. The fourth-order valence-electron chi connectivity index (χ4n) is 1.21. The van der Waals surface area contributed by atoms with Crippen LogP contribution < -0.4 is 0 Å². The van der Waals surface area contributed by atoms with Crippen molar-refractivity contribution >= 4 is 15.8 Å². The number of carbonyl (C=O) groups is 1. The molecule has 1 amide bonds. The largest absolute Gasteiger partial charge is 0.484 e. The van der Waals surface area contributed by atoms with Crippen LogP contribution in [0.3, 0.4) is 0 Å². The van der Waals surface area contributed by atoms with Crippen molar-refractivity contribution in [1.29, 1.82) is 0 Å². The fourth-order valence-corrected chi connectivity index (χ4v) is 2.48. The first-order valence-electron chi connectivity index (χ1n) is 5.72. The van der Waals surface area contributed by atoms with Crippen LogP contribution in [0.1, 0.15) is 13.8 Å². The summed E-state index contributed by atoms with van der Waals surface area (Å²) in [6, 6.07) is 6.06. The van der Waals surface area contributed by atoms with Crippen molar-refractivity contribution in [2.45, 2.75) is 24.3 Å². The van der Waals surface area contributed by atoms with Crippen LogP contribution in [0.2, 0.25) is 0 Å². The van der Waals surface area contributed by atoms with Crippen LogP contribution in [0.25, 0.3) is 0 Å². The van der Waals surface area contributed by atoms with Crippen LogP contribution >= 0.6 is 0 Å². The van der Waals surface area contributed by atoms with Crippen LogP contribution in [0, 0.1) is 5.92 Å². The molecule has 0 bridgehead atoms. The molecule has 8 heteroatoms. The van der Waals surface area contributed by atoms with Gasteiger partial charge >= 0.3 is 11.6 Å². The van der Waals surface area contributed by atoms with Crippen molar-refractivity contribution in [3.63, 3.8) is 0 Å². The molecule has 1 atom stereocenters. The summed E-state index contributed by atoms with van der Waals surface area (Å²) in [5.74, 6) is -0.0622. The van der Waals surface area contributed by atoms with E-state index in [1.807, 2.05) is 0 Å². The van der Waals surface area contributed by atoms with Crippen molar-refractivity contribution < 1.29 is 26.9 Å². The van der Waals surface area contributed by atoms with E-state index >= 15 is 0 Å². The van der Waals surface area contributed by atoms with Gasteiger partial charge < -0.3 is 4.74 Å². The Kier molecular flexibility index (Phi) is 5.15.